The number of benzene rings is 1. The summed E-state index contributed by atoms with van der Waals surface area (Å²) in [7, 11) is 0. The lowest BCUT2D eigenvalue weighted by Crippen LogP contribution is -2.55. The number of aliphatic hydroxyl groups excluding tert-OH is 1. The number of piperidine rings is 1. The molecule has 1 aromatic carbocycles. The van der Waals surface area contributed by atoms with Gasteiger partial charge in [-0.3, -0.25) is 4.90 Å². The molecule has 45 heavy (non-hydrogen) atoms. The van der Waals surface area contributed by atoms with Crippen molar-refractivity contribution in [1.82, 2.24) is 24.6 Å². The predicted molar refractivity (Wildman–Crippen MR) is 159 cm³/mol. The Bertz CT molecular complexity index is 1570. The van der Waals surface area contributed by atoms with Crippen molar-refractivity contribution in [3.63, 3.8) is 0 Å². The average Bonchev–Trinajstić information content (AvgIpc) is 3.58. The highest BCUT2D eigenvalue weighted by Gasteiger charge is 2.44. The Morgan fingerprint density at radius 3 is 2.64 bits per heavy atom. The van der Waals surface area contributed by atoms with E-state index in [2.05, 4.69) is 10.1 Å². The van der Waals surface area contributed by atoms with Crippen LogP contribution in [0.25, 0.3) is 11.2 Å². The van der Waals surface area contributed by atoms with E-state index in [1.165, 1.54) is 0 Å². The molecule has 16 heteroatoms. The molecule has 5 atom stereocenters. The van der Waals surface area contributed by atoms with Crippen LogP contribution in [-0.2, 0) is 14.3 Å². The van der Waals surface area contributed by atoms with Gasteiger partial charge in [0.05, 0.1) is 24.5 Å². The number of alkyl halides is 3. The summed E-state index contributed by atoms with van der Waals surface area (Å²) in [5.74, 6) is -3.69. The molecule has 2 aliphatic rings. The first-order chi connectivity index (χ1) is 21.2. The second kappa shape index (κ2) is 13.3. The summed E-state index contributed by atoms with van der Waals surface area (Å²) < 4.78 is 45.5. The summed E-state index contributed by atoms with van der Waals surface area (Å²) in [5, 5.41) is 24.9. The molecular formula is C29H33Cl2F3N6O5. The molecule has 2 aliphatic heterocycles. The number of anilines is 1. The smallest absolute Gasteiger partial charge is 0.479 e. The van der Waals surface area contributed by atoms with E-state index >= 15 is 0 Å². The molecule has 0 saturated carbocycles. The lowest BCUT2D eigenvalue weighted by atomic mass is 9.90. The zero-order chi connectivity index (χ0) is 32.6. The van der Waals surface area contributed by atoms with E-state index in [0.29, 0.717) is 58.7 Å². The van der Waals surface area contributed by atoms with Crippen LogP contribution in [0.4, 0.5) is 19.0 Å². The van der Waals surface area contributed by atoms with E-state index in [1.807, 2.05) is 29.7 Å². The number of carbonyl (C=O) groups excluding carboxylic acids is 1. The molecule has 4 heterocycles. The Labute approximate surface area is 266 Å². The molecule has 3 unspecified atom stereocenters. The van der Waals surface area contributed by atoms with Gasteiger partial charge in [-0.2, -0.15) is 18.3 Å². The largest absolute Gasteiger partial charge is 0.490 e. The number of carbonyl (C=O) groups is 2. The van der Waals surface area contributed by atoms with Gasteiger partial charge in [0.25, 0.3) is 0 Å². The van der Waals surface area contributed by atoms with Crippen LogP contribution in [0.1, 0.15) is 49.9 Å². The maximum absolute atomic E-state index is 13.0. The number of halogens is 5. The predicted octanol–water partition coefficient (Wildman–Crippen LogP) is 4.65. The number of esters is 1. The lowest BCUT2D eigenvalue weighted by Gasteiger charge is -2.44. The molecule has 2 aromatic heterocycles. The van der Waals surface area contributed by atoms with Crippen LogP contribution in [0.5, 0.6) is 0 Å². The average molecular weight is 674 g/mol. The van der Waals surface area contributed by atoms with Gasteiger partial charge in [-0.25, -0.2) is 24.2 Å². The number of aliphatic hydroxyl groups is 1. The minimum atomic E-state index is -5.14. The van der Waals surface area contributed by atoms with Gasteiger partial charge in [0, 0.05) is 41.1 Å². The molecule has 5 rings (SSSR count). The Hall–Kier alpha value is -3.20. The number of aromatic nitrogens is 4. The van der Waals surface area contributed by atoms with Crippen molar-refractivity contribution in [3.8, 4) is 0 Å². The summed E-state index contributed by atoms with van der Waals surface area (Å²) in [4.78, 5) is 36.4. The Morgan fingerprint density at radius 2 is 1.96 bits per heavy atom. The number of aryl methyl sites for hydroxylation is 1. The van der Waals surface area contributed by atoms with Crippen LogP contribution >= 0.6 is 23.2 Å². The van der Waals surface area contributed by atoms with E-state index in [0.717, 1.165) is 12.0 Å². The number of nitrogens with zero attached hydrogens (tertiary/aromatic N) is 6. The number of likely N-dealkylation sites (tertiary alicyclic amines) is 1. The van der Waals surface area contributed by atoms with Crippen LogP contribution in [0, 0.1) is 12.8 Å². The molecule has 0 radical (unpaired) electrons. The van der Waals surface area contributed by atoms with Crippen LogP contribution in [0.3, 0.4) is 0 Å². The molecule has 244 valence electrons. The number of fused-ring (bicyclic) bond motifs is 1. The normalized spacial score (nSPS) is 22.5. The number of hydrogen-bond donors (Lipinski definition) is 2. The van der Waals surface area contributed by atoms with Crippen molar-refractivity contribution in [1.29, 1.82) is 0 Å². The van der Waals surface area contributed by atoms with E-state index in [4.69, 9.17) is 32.9 Å². The highest BCUT2D eigenvalue weighted by molar-refractivity contribution is 6.35. The maximum Gasteiger partial charge on any atom is 0.490 e. The van der Waals surface area contributed by atoms with Crippen molar-refractivity contribution in [2.75, 3.05) is 31.1 Å². The molecule has 0 aliphatic carbocycles. The number of carboxylic acid groups (broad SMARTS) is 1. The summed E-state index contributed by atoms with van der Waals surface area (Å²) in [6, 6.07) is 4.28. The third-order valence-electron chi connectivity index (χ3n) is 8.65. The summed E-state index contributed by atoms with van der Waals surface area (Å²) in [6.45, 7) is 4.48. The highest BCUT2D eigenvalue weighted by Crippen LogP contribution is 2.35. The molecule has 2 fully saturated rings. The van der Waals surface area contributed by atoms with Gasteiger partial charge < -0.3 is 19.8 Å². The van der Waals surface area contributed by atoms with E-state index < -0.39 is 36.7 Å². The van der Waals surface area contributed by atoms with E-state index in [1.54, 1.807) is 23.0 Å². The number of hydrogen-bond acceptors (Lipinski definition) is 9. The minimum absolute atomic E-state index is 0.00803. The SMILES string of the molecule is Cc1nn([C@H](C)c2ccc(Cl)cc2Cl)c2nc(N3CCC(N4CCC[C@H]4CC(O)C(=O)O)C(COC(=O)C(F)(F)F)C3)cnc12. The minimum Gasteiger partial charge on any atom is -0.479 e. The number of carboxylic acids is 1. The third-order valence-corrected chi connectivity index (χ3v) is 9.21. The molecule has 2 N–H and O–H groups in total. The summed E-state index contributed by atoms with van der Waals surface area (Å²) >= 11 is 12.6. The molecule has 11 nitrogen and oxygen atoms in total. The van der Waals surface area contributed by atoms with Gasteiger partial charge >= 0.3 is 18.1 Å². The summed E-state index contributed by atoms with van der Waals surface area (Å²) in [6.07, 6.45) is -3.26. The van der Waals surface area contributed by atoms with Gasteiger partial charge in [-0.15, -0.1) is 0 Å². The van der Waals surface area contributed by atoms with Crippen LogP contribution in [0.2, 0.25) is 10.0 Å². The third kappa shape index (κ3) is 7.13. The van der Waals surface area contributed by atoms with Crippen molar-refractivity contribution in [2.45, 2.75) is 69.9 Å². The van der Waals surface area contributed by atoms with Gasteiger partial charge in [0.1, 0.15) is 11.3 Å². The highest BCUT2D eigenvalue weighted by atomic mass is 35.5. The topological polar surface area (TPSA) is 134 Å². The second-order valence-corrected chi connectivity index (χ2v) is 12.4. The van der Waals surface area contributed by atoms with Gasteiger partial charge in [-0.05, 0) is 63.8 Å². The standard InChI is InChI=1S/C29H33Cl2F3N6O5/c1-15-25-26(40(37-15)16(2)20-6-5-18(30)10-21(20)31)36-24(12-35-25)38-9-7-22(17(13-38)14-45-28(44)29(32,33)34)39-8-3-4-19(39)11-23(41)27(42)43/h5-6,10,12,16-17,19,22-23,41H,3-4,7-9,11,13-14H2,1-2H3,(H,42,43)/t16-,17?,19+,22?,23?/m1/s1. The molecule has 0 spiro atoms. The Balaban J connectivity index is 1.42. The van der Waals surface area contributed by atoms with Crippen molar-refractivity contribution in [3.05, 3.63) is 45.7 Å². The first-order valence-corrected chi connectivity index (χ1v) is 15.3. The second-order valence-electron chi connectivity index (χ2n) is 11.6. The van der Waals surface area contributed by atoms with Crippen molar-refractivity contribution >= 4 is 52.1 Å². The van der Waals surface area contributed by atoms with E-state index in [-0.39, 0.29) is 31.1 Å². The quantitative estimate of drug-likeness (QED) is 0.309. The lowest BCUT2D eigenvalue weighted by molar-refractivity contribution is -0.201. The first-order valence-electron chi connectivity index (χ1n) is 14.6. The van der Waals surface area contributed by atoms with Gasteiger partial charge in [0.2, 0.25) is 0 Å². The van der Waals surface area contributed by atoms with Gasteiger partial charge in [0.15, 0.2) is 11.8 Å². The fourth-order valence-electron chi connectivity index (χ4n) is 6.44. The number of aliphatic carboxylic acids is 1. The molecule has 2 saturated heterocycles. The zero-order valence-electron chi connectivity index (χ0n) is 24.5. The number of ether oxygens (including phenoxy) is 1. The first kappa shape index (κ1) is 33.2. The molecular weight excluding hydrogens is 640 g/mol. The van der Waals surface area contributed by atoms with Crippen LogP contribution in [-0.4, -0.2) is 97.4 Å². The van der Waals surface area contributed by atoms with Crippen LogP contribution < -0.4 is 4.90 Å². The maximum atomic E-state index is 13.0. The van der Waals surface area contributed by atoms with Crippen LogP contribution in [0.15, 0.2) is 24.4 Å². The molecule has 3 aromatic rings. The monoisotopic (exact) mass is 672 g/mol. The van der Waals surface area contributed by atoms with Crippen molar-refractivity contribution in [2.24, 2.45) is 5.92 Å². The van der Waals surface area contributed by atoms with Crippen molar-refractivity contribution < 1.29 is 37.7 Å². The zero-order valence-corrected chi connectivity index (χ0v) is 26.1. The molecule has 0 bridgehead atoms. The number of rotatable bonds is 9. The van der Waals surface area contributed by atoms with E-state index in [9.17, 15) is 33.0 Å². The fraction of sp³-hybridized carbons (Fsp3) is 0.552. The Kier molecular flexibility index (Phi) is 9.78. The van der Waals surface area contributed by atoms with Gasteiger partial charge in [-0.1, -0.05) is 29.3 Å². The molecule has 0 amide bonds. The summed E-state index contributed by atoms with van der Waals surface area (Å²) in [5.41, 5.74) is 2.50. The Morgan fingerprint density at radius 1 is 1.20 bits per heavy atom. The fourth-order valence-corrected chi connectivity index (χ4v) is 7.00.